The Labute approximate surface area is 248 Å². The van der Waals surface area contributed by atoms with E-state index in [9.17, 15) is 4.39 Å². The summed E-state index contributed by atoms with van der Waals surface area (Å²) < 4.78 is 25.6. The topological polar surface area (TPSA) is 71.5 Å². The van der Waals surface area contributed by atoms with Crippen LogP contribution < -0.4 is 15.4 Å². The highest BCUT2D eigenvalue weighted by atomic mass is 35.5. The van der Waals surface area contributed by atoms with Gasteiger partial charge in [0.15, 0.2) is 5.82 Å². The van der Waals surface area contributed by atoms with Gasteiger partial charge < -0.3 is 20.1 Å². The molecule has 2 saturated heterocycles. The van der Waals surface area contributed by atoms with Crippen LogP contribution in [0.5, 0.6) is 5.75 Å². The second-order valence-electron chi connectivity index (χ2n) is 10.2. The van der Waals surface area contributed by atoms with Gasteiger partial charge in [0, 0.05) is 24.8 Å². The Morgan fingerprint density at radius 1 is 1.15 bits per heavy atom. The third kappa shape index (κ3) is 7.34. The Morgan fingerprint density at radius 3 is 2.90 bits per heavy atom. The zero-order valence-electron chi connectivity index (χ0n) is 22.5. The van der Waals surface area contributed by atoms with E-state index >= 15 is 0 Å². The van der Waals surface area contributed by atoms with Gasteiger partial charge in [-0.25, -0.2) is 14.4 Å². The normalized spacial score (nSPS) is 19.2. The molecule has 0 bridgehead atoms. The molecule has 2 aliphatic heterocycles. The Balaban J connectivity index is 1.07. The predicted octanol–water partition coefficient (Wildman–Crippen LogP) is 6.00. The predicted molar refractivity (Wildman–Crippen MR) is 162 cm³/mol. The highest BCUT2D eigenvalue weighted by molar-refractivity contribution is 7.20. The molecule has 0 aliphatic carbocycles. The van der Waals surface area contributed by atoms with Crippen molar-refractivity contribution < 1.29 is 13.9 Å². The van der Waals surface area contributed by atoms with Crippen LogP contribution >= 0.6 is 22.9 Å². The lowest BCUT2D eigenvalue weighted by Crippen LogP contribution is -2.39. The average Bonchev–Trinajstić information content (AvgIpc) is 3.62. The number of morpholine rings is 1. The third-order valence-corrected chi connectivity index (χ3v) is 8.64. The first-order valence-corrected chi connectivity index (χ1v) is 15.0. The maximum Gasteiger partial charge on any atom is 0.151 e. The number of anilines is 2. The maximum atomic E-state index is 13.4. The number of hydrogen-bond acceptors (Lipinski definition) is 8. The van der Waals surface area contributed by atoms with Crippen molar-refractivity contribution in [2.45, 2.75) is 38.0 Å². The van der Waals surface area contributed by atoms with Gasteiger partial charge in [0.2, 0.25) is 0 Å². The van der Waals surface area contributed by atoms with Gasteiger partial charge >= 0.3 is 0 Å². The molecule has 41 heavy (non-hydrogen) atoms. The van der Waals surface area contributed by atoms with Gasteiger partial charge in [0.05, 0.1) is 39.4 Å². The van der Waals surface area contributed by atoms with Crippen molar-refractivity contribution in [1.82, 2.24) is 20.2 Å². The van der Waals surface area contributed by atoms with Crippen LogP contribution in [0.1, 0.15) is 29.7 Å². The van der Waals surface area contributed by atoms with Crippen molar-refractivity contribution in [2.24, 2.45) is 0 Å². The number of halogens is 2. The molecule has 0 amide bonds. The van der Waals surface area contributed by atoms with Crippen LogP contribution in [0.2, 0.25) is 5.02 Å². The van der Waals surface area contributed by atoms with E-state index in [4.69, 9.17) is 21.1 Å². The maximum absolute atomic E-state index is 13.4. The van der Waals surface area contributed by atoms with Crippen LogP contribution in [0.3, 0.4) is 0 Å². The number of hydrogen-bond donors (Lipinski definition) is 2. The molecule has 7 nitrogen and oxygen atoms in total. The van der Waals surface area contributed by atoms with Crippen LogP contribution in [0.15, 0.2) is 54.9 Å². The first kappa shape index (κ1) is 27.9. The monoisotopic (exact) mass is 591 g/mol. The molecule has 0 saturated carbocycles. The van der Waals surface area contributed by atoms with Crippen molar-refractivity contribution >= 4 is 44.7 Å². The molecule has 10 heteroatoms. The van der Waals surface area contributed by atoms with Gasteiger partial charge in [-0.2, -0.15) is 0 Å². The second kappa shape index (κ2) is 13.1. The molecule has 0 spiro atoms. The van der Waals surface area contributed by atoms with Crippen LogP contribution in [0, 0.1) is 17.7 Å². The number of benzene rings is 2. The molecule has 2 N–H and O–H groups in total. The van der Waals surface area contributed by atoms with E-state index in [0.717, 1.165) is 78.5 Å². The molecule has 2 aliphatic rings. The molecule has 2 atom stereocenters. The number of aromatic nitrogens is 2. The smallest absolute Gasteiger partial charge is 0.151 e. The molecule has 2 aromatic carbocycles. The first-order chi connectivity index (χ1) is 20.1. The Hall–Kier alpha value is -3.26. The van der Waals surface area contributed by atoms with Crippen molar-refractivity contribution in [3.05, 3.63) is 76.1 Å². The van der Waals surface area contributed by atoms with E-state index in [0.29, 0.717) is 22.6 Å². The highest BCUT2D eigenvalue weighted by Gasteiger charge is 2.23. The minimum Gasteiger partial charge on any atom is -0.487 e. The summed E-state index contributed by atoms with van der Waals surface area (Å²) in [5, 5.41) is 7.50. The SMILES string of the molecule is Fc1cccc(COc2ccc(Nc3ncnc4cc(C#CC5CCC(CCN6CCOCC6)N5)sc34)cc2Cl)c1. The molecular weight excluding hydrogens is 561 g/mol. The number of thiophene rings is 1. The third-order valence-electron chi connectivity index (χ3n) is 7.30. The summed E-state index contributed by atoms with van der Waals surface area (Å²) in [4.78, 5) is 12.4. The van der Waals surface area contributed by atoms with Crippen LogP contribution in [0.4, 0.5) is 15.9 Å². The molecule has 2 aromatic heterocycles. The lowest BCUT2D eigenvalue weighted by Gasteiger charge is -2.27. The molecular formula is C31H31ClFN5O2S. The zero-order valence-corrected chi connectivity index (χ0v) is 24.1. The van der Waals surface area contributed by atoms with Crippen molar-refractivity contribution in [3.8, 4) is 17.6 Å². The van der Waals surface area contributed by atoms with E-state index in [1.54, 1.807) is 35.9 Å². The van der Waals surface area contributed by atoms with Crippen LogP contribution in [-0.4, -0.2) is 59.8 Å². The van der Waals surface area contributed by atoms with Gasteiger partial charge in [0.25, 0.3) is 0 Å². The van der Waals surface area contributed by atoms with Gasteiger partial charge in [-0.1, -0.05) is 35.6 Å². The summed E-state index contributed by atoms with van der Waals surface area (Å²) >= 11 is 8.06. The standard InChI is InChI=1S/C31H31ClFN5O2S/c32-27-17-25(7-9-29(27)40-19-21-2-1-3-22(33)16-21)37-31-30-28(34-20-35-31)18-26(41-30)8-6-23-4-5-24(36-23)10-11-38-12-14-39-15-13-38/h1-3,7,9,16-18,20,23-24,36H,4-5,10-15,19H2,(H,34,35,37). The quantitative estimate of drug-likeness (QED) is 0.244. The summed E-state index contributed by atoms with van der Waals surface area (Å²) in [7, 11) is 0. The summed E-state index contributed by atoms with van der Waals surface area (Å²) in [5.41, 5.74) is 2.35. The lowest BCUT2D eigenvalue weighted by atomic mass is 10.1. The Kier molecular flexibility index (Phi) is 8.94. The molecule has 6 rings (SSSR count). The van der Waals surface area contributed by atoms with Crippen LogP contribution in [-0.2, 0) is 11.3 Å². The first-order valence-electron chi connectivity index (χ1n) is 13.8. The molecule has 212 valence electrons. The van der Waals surface area contributed by atoms with Gasteiger partial charge in [0.1, 0.15) is 24.5 Å². The van der Waals surface area contributed by atoms with Crippen molar-refractivity contribution in [3.63, 3.8) is 0 Å². The van der Waals surface area contributed by atoms with Gasteiger partial charge in [-0.15, -0.1) is 11.3 Å². The van der Waals surface area contributed by atoms with Gasteiger partial charge in [-0.05, 0) is 67.8 Å². The fourth-order valence-electron chi connectivity index (χ4n) is 5.11. The fraction of sp³-hybridized carbons (Fsp3) is 0.355. The number of nitrogens with zero attached hydrogens (tertiary/aromatic N) is 3. The lowest BCUT2D eigenvalue weighted by molar-refractivity contribution is 0.0364. The minimum atomic E-state index is -0.297. The molecule has 4 aromatic rings. The summed E-state index contributed by atoms with van der Waals surface area (Å²) in [6.07, 6.45) is 4.92. The summed E-state index contributed by atoms with van der Waals surface area (Å²) in [6, 6.07) is 14.5. The van der Waals surface area contributed by atoms with Crippen molar-refractivity contribution in [1.29, 1.82) is 0 Å². The highest BCUT2D eigenvalue weighted by Crippen LogP contribution is 2.33. The van der Waals surface area contributed by atoms with Crippen molar-refractivity contribution in [2.75, 3.05) is 38.2 Å². The number of fused-ring (bicyclic) bond motifs is 1. The minimum absolute atomic E-state index is 0.211. The molecule has 4 heterocycles. The molecule has 0 radical (unpaired) electrons. The van der Waals surface area contributed by atoms with E-state index in [1.807, 2.05) is 18.2 Å². The fourth-order valence-corrected chi connectivity index (χ4v) is 6.26. The van der Waals surface area contributed by atoms with Gasteiger partial charge in [-0.3, -0.25) is 4.90 Å². The largest absolute Gasteiger partial charge is 0.487 e. The Morgan fingerprint density at radius 2 is 2.05 bits per heavy atom. The van der Waals surface area contributed by atoms with E-state index in [1.165, 1.54) is 12.1 Å². The summed E-state index contributed by atoms with van der Waals surface area (Å²) in [6.45, 7) is 5.09. The molecule has 2 unspecified atom stereocenters. The summed E-state index contributed by atoms with van der Waals surface area (Å²) in [5.74, 6) is 7.71. The van der Waals surface area contributed by atoms with E-state index < -0.39 is 0 Å². The Bertz CT molecular complexity index is 1570. The average molecular weight is 592 g/mol. The van der Waals surface area contributed by atoms with Crippen LogP contribution in [0.25, 0.3) is 10.2 Å². The second-order valence-corrected chi connectivity index (χ2v) is 11.7. The van der Waals surface area contributed by atoms with E-state index in [2.05, 4.69) is 37.3 Å². The number of ether oxygens (including phenoxy) is 2. The molecule has 2 fully saturated rings. The number of nitrogens with one attached hydrogen (secondary N) is 2. The zero-order chi connectivity index (χ0) is 28.0. The number of rotatable bonds is 8. The van der Waals surface area contributed by atoms with E-state index in [-0.39, 0.29) is 18.5 Å².